The van der Waals surface area contributed by atoms with Gasteiger partial charge in [-0.15, -0.1) is 11.3 Å². The second-order valence-corrected chi connectivity index (χ2v) is 7.02. The van der Waals surface area contributed by atoms with Gasteiger partial charge >= 0.3 is 0 Å². The van der Waals surface area contributed by atoms with Gasteiger partial charge in [0.2, 0.25) is 5.88 Å². The number of pyridine rings is 1. The first-order valence-electron chi connectivity index (χ1n) is 9.02. The molecule has 4 N–H and O–H groups in total. The number of anilines is 1. The number of para-hydroxylation sites is 1. The third kappa shape index (κ3) is 7.98. The first-order chi connectivity index (χ1) is 15.5. The van der Waals surface area contributed by atoms with Crippen molar-refractivity contribution < 1.29 is 24.3 Å². The van der Waals surface area contributed by atoms with Gasteiger partial charge in [0, 0.05) is 22.7 Å². The third-order valence-electron chi connectivity index (χ3n) is 3.72. The number of amides is 1. The van der Waals surface area contributed by atoms with E-state index in [2.05, 4.69) is 4.98 Å². The highest BCUT2D eigenvalue weighted by Gasteiger charge is 2.08. The maximum absolute atomic E-state index is 11.1. The lowest BCUT2D eigenvalue weighted by molar-refractivity contribution is -0.0987. The van der Waals surface area contributed by atoms with E-state index in [4.69, 9.17) is 25.3 Å². The maximum atomic E-state index is 11.1. The number of nitrogen functional groups attached to an aromatic ring is 1. The molecule has 2 aromatic carbocycles. The van der Waals surface area contributed by atoms with Gasteiger partial charge in [0.25, 0.3) is 5.91 Å². The van der Waals surface area contributed by atoms with Crippen molar-refractivity contribution >= 4 is 46.6 Å². The molecule has 4 aromatic rings. The Morgan fingerprint density at radius 1 is 1.03 bits per heavy atom. The van der Waals surface area contributed by atoms with Crippen LogP contribution in [0, 0.1) is 6.92 Å². The van der Waals surface area contributed by atoms with Gasteiger partial charge in [-0.3, -0.25) is 10.0 Å². The number of rotatable bonds is 3. The van der Waals surface area contributed by atoms with Gasteiger partial charge in [0.05, 0.1) is 4.88 Å². The predicted octanol–water partition coefficient (Wildman–Crippen LogP) is 4.42. The lowest BCUT2D eigenvalue weighted by atomic mass is 10.2. The largest absolute Gasteiger partial charge is 0.439 e. The SMILES string of the molecule is C=O.C=O.Cc1ccnc(Oc2ccccc2)c1.Nc1ccc2sc(C(=O)NO)cc2c1. The highest BCUT2D eigenvalue weighted by atomic mass is 32.1. The van der Waals surface area contributed by atoms with Crippen molar-refractivity contribution in [3.8, 4) is 11.6 Å². The zero-order chi connectivity index (χ0) is 23.9. The minimum Gasteiger partial charge on any atom is -0.439 e. The number of ether oxygens (including phenoxy) is 1. The summed E-state index contributed by atoms with van der Waals surface area (Å²) in [5.74, 6) is 0.951. The van der Waals surface area contributed by atoms with E-state index in [0.29, 0.717) is 16.4 Å². The van der Waals surface area contributed by atoms with Gasteiger partial charge in [0.15, 0.2) is 0 Å². The Kier molecular flexibility index (Phi) is 11.4. The van der Waals surface area contributed by atoms with Gasteiger partial charge in [0.1, 0.15) is 19.3 Å². The van der Waals surface area contributed by atoms with Crippen LogP contribution in [0.4, 0.5) is 5.69 Å². The zero-order valence-corrected chi connectivity index (χ0v) is 18.2. The van der Waals surface area contributed by atoms with Crippen molar-refractivity contribution in [3.63, 3.8) is 0 Å². The molecule has 166 valence electrons. The van der Waals surface area contributed by atoms with E-state index in [1.165, 1.54) is 11.3 Å². The first-order valence-corrected chi connectivity index (χ1v) is 9.83. The Bertz CT molecular complexity index is 1120. The summed E-state index contributed by atoms with van der Waals surface area (Å²) in [4.78, 5) is 31.7. The average molecular weight is 454 g/mol. The van der Waals surface area contributed by atoms with Crippen LogP contribution in [0.5, 0.6) is 11.6 Å². The number of nitrogens with one attached hydrogen (secondary N) is 1. The quantitative estimate of drug-likeness (QED) is 0.238. The van der Waals surface area contributed by atoms with Crippen LogP contribution >= 0.6 is 11.3 Å². The first kappa shape index (κ1) is 26.0. The lowest BCUT2D eigenvalue weighted by Crippen LogP contribution is -2.16. The molecule has 8 nitrogen and oxygen atoms in total. The number of thiophene rings is 1. The molecule has 0 saturated carbocycles. The third-order valence-corrected chi connectivity index (χ3v) is 4.84. The second kappa shape index (κ2) is 14.0. The van der Waals surface area contributed by atoms with Crippen LogP contribution in [0.2, 0.25) is 0 Å². The topological polar surface area (TPSA) is 132 Å². The standard InChI is InChI=1S/C12H11NO.C9H8N2O2S.2CH2O/c1-10-7-8-13-12(9-10)14-11-5-3-2-4-6-11;10-6-1-2-7-5(3-6)4-8(14-7)9(12)11-13;2*1-2/h2-9H,1H3;1-4,13H,10H2,(H,11,12);2*1H2. The molecule has 0 unspecified atom stereocenters. The van der Waals surface area contributed by atoms with Crippen LogP contribution in [-0.4, -0.2) is 29.7 Å². The smallest absolute Gasteiger partial charge is 0.284 e. The number of fused-ring (bicyclic) bond motifs is 1. The summed E-state index contributed by atoms with van der Waals surface area (Å²) in [6, 6.07) is 20.6. The van der Waals surface area contributed by atoms with E-state index in [1.54, 1.807) is 29.9 Å². The molecule has 0 atom stereocenters. The van der Waals surface area contributed by atoms with Crippen LogP contribution in [0.1, 0.15) is 15.2 Å². The number of hydroxylamine groups is 1. The van der Waals surface area contributed by atoms with Crippen LogP contribution in [-0.2, 0) is 9.59 Å². The van der Waals surface area contributed by atoms with Crippen LogP contribution in [0.15, 0.2) is 72.9 Å². The summed E-state index contributed by atoms with van der Waals surface area (Å²) in [5.41, 5.74) is 9.00. The fraction of sp³-hybridized carbons (Fsp3) is 0.0435. The van der Waals surface area contributed by atoms with E-state index in [0.717, 1.165) is 21.4 Å². The monoisotopic (exact) mass is 453 g/mol. The van der Waals surface area contributed by atoms with E-state index in [-0.39, 0.29) is 0 Å². The number of benzene rings is 2. The van der Waals surface area contributed by atoms with Crippen LogP contribution < -0.4 is 16.0 Å². The minimum atomic E-state index is -0.496. The molecule has 0 bridgehead atoms. The van der Waals surface area contributed by atoms with E-state index in [9.17, 15) is 4.79 Å². The van der Waals surface area contributed by atoms with Crippen molar-refractivity contribution in [3.05, 3.63) is 83.4 Å². The number of aryl methyl sites for hydroxylation is 1. The number of hydrogen-bond acceptors (Lipinski definition) is 8. The molecule has 9 heteroatoms. The van der Waals surface area contributed by atoms with Crippen molar-refractivity contribution in [1.82, 2.24) is 10.5 Å². The molecule has 0 aliphatic carbocycles. The minimum absolute atomic E-state index is 0.466. The summed E-state index contributed by atoms with van der Waals surface area (Å²) < 4.78 is 6.52. The Morgan fingerprint density at radius 3 is 2.34 bits per heavy atom. The molecule has 4 rings (SSSR count). The number of carbonyl (C=O) groups excluding carboxylic acids is 3. The highest BCUT2D eigenvalue weighted by Crippen LogP contribution is 2.27. The molecule has 2 heterocycles. The van der Waals surface area contributed by atoms with Crippen molar-refractivity contribution in [2.24, 2.45) is 0 Å². The van der Waals surface area contributed by atoms with Gasteiger partial charge in [-0.1, -0.05) is 18.2 Å². The molecule has 32 heavy (non-hydrogen) atoms. The van der Waals surface area contributed by atoms with Gasteiger partial charge in [-0.25, -0.2) is 10.5 Å². The Hall–Kier alpha value is -4.08. The number of aromatic nitrogens is 1. The normalized spacial score (nSPS) is 9.06. The van der Waals surface area contributed by atoms with E-state index >= 15 is 0 Å². The Balaban J connectivity index is 0.000000277. The summed E-state index contributed by atoms with van der Waals surface area (Å²) in [6.45, 7) is 6.01. The van der Waals surface area contributed by atoms with E-state index in [1.807, 2.05) is 69.0 Å². The number of carbonyl (C=O) groups is 3. The maximum Gasteiger partial charge on any atom is 0.284 e. The van der Waals surface area contributed by atoms with Crippen LogP contribution in [0.25, 0.3) is 10.1 Å². The molecule has 0 fully saturated rings. The number of nitrogens with zero attached hydrogens (tertiary/aromatic N) is 1. The van der Waals surface area contributed by atoms with Crippen molar-refractivity contribution in [1.29, 1.82) is 0 Å². The van der Waals surface area contributed by atoms with Gasteiger partial charge in [-0.2, -0.15) is 0 Å². The Morgan fingerprint density at radius 2 is 1.72 bits per heavy atom. The summed E-state index contributed by atoms with van der Waals surface area (Å²) in [5, 5.41) is 9.36. The summed E-state index contributed by atoms with van der Waals surface area (Å²) in [7, 11) is 0. The highest BCUT2D eigenvalue weighted by molar-refractivity contribution is 7.20. The molecular formula is C23H23N3O5S. The number of hydrogen-bond donors (Lipinski definition) is 3. The predicted molar refractivity (Wildman–Crippen MR) is 125 cm³/mol. The fourth-order valence-electron chi connectivity index (χ4n) is 2.40. The number of nitrogens with two attached hydrogens (primary N) is 1. The average Bonchev–Trinajstić information content (AvgIpc) is 3.25. The molecular weight excluding hydrogens is 430 g/mol. The van der Waals surface area contributed by atoms with Crippen molar-refractivity contribution in [2.45, 2.75) is 6.92 Å². The molecule has 0 aliphatic rings. The molecule has 0 saturated heterocycles. The fourth-order valence-corrected chi connectivity index (χ4v) is 3.34. The van der Waals surface area contributed by atoms with Gasteiger partial charge in [-0.05, 0) is 60.3 Å². The second-order valence-electron chi connectivity index (χ2n) is 5.94. The summed E-state index contributed by atoms with van der Waals surface area (Å²) in [6.07, 6.45) is 1.74. The zero-order valence-electron chi connectivity index (χ0n) is 17.4. The molecule has 0 radical (unpaired) electrons. The van der Waals surface area contributed by atoms with Crippen molar-refractivity contribution in [2.75, 3.05) is 5.73 Å². The molecule has 0 spiro atoms. The molecule has 2 aromatic heterocycles. The van der Waals surface area contributed by atoms with E-state index < -0.39 is 5.91 Å². The Labute approximate surface area is 189 Å². The molecule has 0 aliphatic heterocycles. The summed E-state index contributed by atoms with van der Waals surface area (Å²) >= 11 is 1.31. The molecule has 1 amide bonds. The lowest BCUT2D eigenvalue weighted by Gasteiger charge is -2.03. The van der Waals surface area contributed by atoms with Gasteiger partial charge < -0.3 is 20.1 Å². The van der Waals surface area contributed by atoms with Crippen LogP contribution in [0.3, 0.4) is 0 Å².